The second-order valence-electron chi connectivity index (χ2n) is 5.09. The first-order valence-corrected chi connectivity index (χ1v) is 7.38. The summed E-state index contributed by atoms with van der Waals surface area (Å²) >= 11 is 0. The molecule has 0 bridgehead atoms. The number of nitrogens with zero attached hydrogens (tertiary/aromatic N) is 2. The monoisotopic (exact) mass is 271 g/mol. The van der Waals surface area contributed by atoms with Gasteiger partial charge in [0.05, 0.1) is 30.5 Å². The van der Waals surface area contributed by atoms with E-state index in [4.69, 9.17) is 4.74 Å². The molecule has 1 aromatic carbocycles. The summed E-state index contributed by atoms with van der Waals surface area (Å²) in [4.78, 5) is 4.34. The Balaban J connectivity index is 1.96. The molecule has 1 fully saturated rings. The molecule has 2 heterocycles. The van der Waals surface area contributed by atoms with Gasteiger partial charge in [-0.1, -0.05) is 18.6 Å². The highest BCUT2D eigenvalue weighted by Crippen LogP contribution is 2.29. The van der Waals surface area contributed by atoms with Crippen molar-refractivity contribution >= 4 is 0 Å². The van der Waals surface area contributed by atoms with Crippen LogP contribution in [0.15, 0.2) is 36.8 Å². The van der Waals surface area contributed by atoms with Crippen molar-refractivity contribution in [3.05, 3.63) is 42.5 Å². The van der Waals surface area contributed by atoms with Crippen LogP contribution in [0.4, 0.5) is 0 Å². The average Bonchev–Trinajstić information content (AvgIpc) is 2.98. The lowest BCUT2D eigenvalue weighted by Crippen LogP contribution is -2.28. The molecule has 3 rings (SSSR count). The molecule has 106 valence electrons. The number of aromatic nitrogens is 2. The molecule has 1 aliphatic heterocycles. The van der Waals surface area contributed by atoms with E-state index in [1.54, 1.807) is 0 Å². The summed E-state index contributed by atoms with van der Waals surface area (Å²) in [7, 11) is 0. The second kappa shape index (κ2) is 6.09. The molecule has 0 amide bonds. The summed E-state index contributed by atoms with van der Waals surface area (Å²) in [5.74, 6) is 0.907. The summed E-state index contributed by atoms with van der Waals surface area (Å²) in [6.45, 7) is 3.76. The Bertz CT molecular complexity index is 558. The van der Waals surface area contributed by atoms with Gasteiger partial charge in [0.25, 0.3) is 0 Å². The van der Waals surface area contributed by atoms with Crippen LogP contribution < -0.4 is 10.1 Å². The molecule has 4 nitrogen and oxygen atoms in total. The van der Waals surface area contributed by atoms with Gasteiger partial charge < -0.3 is 10.1 Å². The van der Waals surface area contributed by atoms with E-state index in [2.05, 4.69) is 20.9 Å². The second-order valence-corrected chi connectivity index (χ2v) is 5.09. The highest BCUT2D eigenvalue weighted by Gasteiger charge is 2.20. The third-order valence-electron chi connectivity index (χ3n) is 3.76. The number of rotatable bonds is 4. The van der Waals surface area contributed by atoms with E-state index >= 15 is 0 Å². The van der Waals surface area contributed by atoms with Crippen LogP contribution in [0.2, 0.25) is 0 Å². The molecular weight excluding hydrogens is 250 g/mol. The zero-order valence-corrected chi connectivity index (χ0v) is 11.9. The number of para-hydroxylation sites is 2. The highest BCUT2D eigenvalue weighted by atomic mass is 16.5. The largest absolute Gasteiger partial charge is 0.492 e. The normalized spacial score (nSPS) is 18.9. The lowest BCUT2D eigenvalue weighted by molar-refractivity contribution is 0.338. The molecule has 4 heteroatoms. The van der Waals surface area contributed by atoms with E-state index < -0.39 is 0 Å². The summed E-state index contributed by atoms with van der Waals surface area (Å²) in [6, 6.07) is 8.52. The first kappa shape index (κ1) is 13.2. The molecule has 20 heavy (non-hydrogen) atoms. The number of benzene rings is 1. The Kier molecular flexibility index (Phi) is 4.02. The molecule has 1 atom stereocenters. The summed E-state index contributed by atoms with van der Waals surface area (Å²) in [5, 5.41) is 3.58. The third kappa shape index (κ3) is 2.56. The first-order valence-electron chi connectivity index (χ1n) is 7.38. The van der Waals surface area contributed by atoms with Crippen molar-refractivity contribution in [3.63, 3.8) is 0 Å². The SMILES string of the molecule is CCOc1ccccc1-n1cncc1C1CCCCN1. The van der Waals surface area contributed by atoms with E-state index in [-0.39, 0.29) is 0 Å². The van der Waals surface area contributed by atoms with Crippen molar-refractivity contribution in [1.82, 2.24) is 14.9 Å². The van der Waals surface area contributed by atoms with Gasteiger partial charge in [-0.15, -0.1) is 0 Å². The molecule has 0 radical (unpaired) electrons. The third-order valence-corrected chi connectivity index (χ3v) is 3.76. The predicted molar refractivity (Wildman–Crippen MR) is 79.3 cm³/mol. The fourth-order valence-corrected chi connectivity index (χ4v) is 2.80. The van der Waals surface area contributed by atoms with Crippen LogP contribution in [-0.2, 0) is 0 Å². The van der Waals surface area contributed by atoms with E-state index in [1.807, 2.05) is 37.6 Å². The molecule has 0 spiro atoms. The lowest BCUT2D eigenvalue weighted by Gasteiger charge is -2.25. The highest BCUT2D eigenvalue weighted by molar-refractivity contribution is 5.47. The quantitative estimate of drug-likeness (QED) is 0.928. The van der Waals surface area contributed by atoms with Crippen molar-refractivity contribution in [1.29, 1.82) is 0 Å². The van der Waals surface area contributed by atoms with Gasteiger partial charge >= 0.3 is 0 Å². The Labute approximate surface area is 119 Å². The van der Waals surface area contributed by atoms with Gasteiger partial charge in [0.2, 0.25) is 0 Å². The van der Waals surface area contributed by atoms with Gasteiger partial charge in [-0.2, -0.15) is 0 Å². The fourth-order valence-electron chi connectivity index (χ4n) is 2.80. The van der Waals surface area contributed by atoms with Gasteiger partial charge in [0, 0.05) is 6.04 Å². The molecule has 1 aliphatic rings. The van der Waals surface area contributed by atoms with Crippen LogP contribution in [-0.4, -0.2) is 22.7 Å². The molecule has 0 aliphatic carbocycles. The molecule has 1 aromatic heterocycles. The summed E-state index contributed by atoms with van der Waals surface area (Å²) < 4.78 is 7.88. The van der Waals surface area contributed by atoms with Crippen molar-refractivity contribution < 1.29 is 4.74 Å². The number of hydrogen-bond donors (Lipinski definition) is 1. The molecule has 2 aromatic rings. The standard InChI is InChI=1S/C16H21N3O/c1-2-20-16-9-4-3-8-14(16)19-12-17-11-15(19)13-7-5-6-10-18-13/h3-4,8-9,11-13,18H,2,5-7,10H2,1H3. The average molecular weight is 271 g/mol. The van der Waals surface area contributed by atoms with Crippen molar-refractivity contribution in [2.24, 2.45) is 0 Å². The van der Waals surface area contributed by atoms with Crippen molar-refractivity contribution in [3.8, 4) is 11.4 Å². The van der Waals surface area contributed by atoms with E-state index in [9.17, 15) is 0 Å². The predicted octanol–water partition coefficient (Wildman–Crippen LogP) is 3.09. The molecule has 0 saturated carbocycles. The molecule has 1 saturated heterocycles. The molecule has 1 N–H and O–H groups in total. The maximum atomic E-state index is 5.73. The maximum Gasteiger partial charge on any atom is 0.143 e. The first-order chi connectivity index (χ1) is 9.90. The van der Waals surface area contributed by atoms with Crippen LogP contribution >= 0.6 is 0 Å². The minimum atomic E-state index is 0.390. The van der Waals surface area contributed by atoms with Gasteiger partial charge in [-0.05, 0) is 38.4 Å². The summed E-state index contributed by atoms with van der Waals surface area (Å²) in [5.41, 5.74) is 2.28. The number of piperidine rings is 1. The van der Waals surface area contributed by atoms with Gasteiger partial charge in [-0.3, -0.25) is 4.57 Å². The minimum Gasteiger partial charge on any atom is -0.492 e. The van der Waals surface area contributed by atoms with Crippen molar-refractivity contribution in [2.75, 3.05) is 13.2 Å². The molecular formula is C16H21N3O. The Morgan fingerprint density at radius 3 is 3.05 bits per heavy atom. The smallest absolute Gasteiger partial charge is 0.143 e. The zero-order valence-electron chi connectivity index (χ0n) is 11.9. The van der Waals surface area contributed by atoms with Crippen LogP contribution in [0.25, 0.3) is 5.69 Å². The minimum absolute atomic E-state index is 0.390. The zero-order chi connectivity index (χ0) is 13.8. The lowest BCUT2D eigenvalue weighted by atomic mass is 10.0. The van der Waals surface area contributed by atoms with Crippen LogP contribution in [0.5, 0.6) is 5.75 Å². The number of hydrogen-bond acceptors (Lipinski definition) is 3. The van der Waals surface area contributed by atoms with Gasteiger partial charge in [0.15, 0.2) is 0 Å². The van der Waals surface area contributed by atoms with E-state index in [0.29, 0.717) is 12.6 Å². The number of imidazole rings is 1. The number of ether oxygens (including phenoxy) is 1. The van der Waals surface area contributed by atoms with Crippen LogP contribution in [0.1, 0.15) is 37.9 Å². The van der Waals surface area contributed by atoms with Crippen LogP contribution in [0.3, 0.4) is 0 Å². The van der Waals surface area contributed by atoms with Gasteiger partial charge in [-0.25, -0.2) is 4.98 Å². The maximum absolute atomic E-state index is 5.73. The van der Waals surface area contributed by atoms with Crippen LogP contribution in [0, 0.1) is 0 Å². The van der Waals surface area contributed by atoms with Crippen molar-refractivity contribution in [2.45, 2.75) is 32.2 Å². The molecule has 1 unspecified atom stereocenters. The number of nitrogens with one attached hydrogen (secondary N) is 1. The van der Waals surface area contributed by atoms with E-state index in [1.165, 1.54) is 25.0 Å². The van der Waals surface area contributed by atoms with E-state index in [0.717, 1.165) is 18.0 Å². The fraction of sp³-hybridized carbons (Fsp3) is 0.438. The Morgan fingerprint density at radius 2 is 2.25 bits per heavy atom. The Morgan fingerprint density at radius 1 is 1.35 bits per heavy atom. The van der Waals surface area contributed by atoms with Gasteiger partial charge in [0.1, 0.15) is 5.75 Å². The topological polar surface area (TPSA) is 39.1 Å². The Hall–Kier alpha value is -1.81. The summed E-state index contributed by atoms with van der Waals surface area (Å²) in [6.07, 6.45) is 7.55.